The standard InChI is InChI=1S/C11H8N2O.C6H4/c1-3-10-9(7-14)8-5-4-6-12-11(8)13(10)2;1-2-6-4-3-5(1)6/h1,4-7H,2H3;1-4H. The molecule has 3 nitrogen and oxygen atoms in total. The van der Waals surface area contributed by atoms with Crippen molar-refractivity contribution >= 4 is 17.3 Å². The van der Waals surface area contributed by atoms with Crippen molar-refractivity contribution in [1.29, 1.82) is 0 Å². The van der Waals surface area contributed by atoms with Crippen molar-refractivity contribution in [1.82, 2.24) is 9.55 Å². The number of hydrogen-bond donors (Lipinski definition) is 0. The summed E-state index contributed by atoms with van der Waals surface area (Å²) >= 11 is 0. The molecular formula is C17H12N2O. The number of rotatable bonds is 1. The van der Waals surface area contributed by atoms with E-state index < -0.39 is 0 Å². The van der Waals surface area contributed by atoms with Crippen LogP contribution in [0.25, 0.3) is 22.2 Å². The SMILES string of the molecule is C#Cc1c(C=O)c2cccnc2n1C.c1cc2ccc1-2. The van der Waals surface area contributed by atoms with Crippen LogP contribution in [0.1, 0.15) is 16.1 Å². The van der Waals surface area contributed by atoms with Gasteiger partial charge in [0.2, 0.25) is 0 Å². The average molecular weight is 260 g/mol. The van der Waals surface area contributed by atoms with Gasteiger partial charge in [0.25, 0.3) is 0 Å². The van der Waals surface area contributed by atoms with Crippen molar-refractivity contribution in [3.05, 3.63) is 53.9 Å². The minimum atomic E-state index is 0.540. The lowest BCUT2D eigenvalue weighted by molar-refractivity contribution is 0.112. The number of benzene rings is 1. The second kappa shape index (κ2) is 4.67. The molecule has 0 N–H and O–H groups in total. The fourth-order valence-corrected chi connectivity index (χ4v) is 2.25. The highest BCUT2D eigenvalue weighted by molar-refractivity contribution is 5.99. The number of nitrogens with zero attached hydrogens (tertiary/aromatic N) is 2. The fourth-order valence-electron chi connectivity index (χ4n) is 2.25. The van der Waals surface area contributed by atoms with Crippen molar-refractivity contribution in [3.8, 4) is 23.5 Å². The second-order valence-electron chi connectivity index (χ2n) is 4.54. The number of aldehydes is 1. The smallest absolute Gasteiger partial charge is 0.153 e. The van der Waals surface area contributed by atoms with E-state index in [9.17, 15) is 4.79 Å². The number of hydrogen-bond acceptors (Lipinski definition) is 2. The number of carbonyl (C=O) groups is 1. The Labute approximate surface area is 116 Å². The molecule has 0 atom stereocenters. The molecule has 4 rings (SSSR count). The predicted molar refractivity (Wildman–Crippen MR) is 79.5 cm³/mol. The van der Waals surface area contributed by atoms with E-state index in [-0.39, 0.29) is 0 Å². The molecular weight excluding hydrogens is 248 g/mol. The van der Waals surface area contributed by atoms with Crippen molar-refractivity contribution in [3.63, 3.8) is 0 Å². The molecule has 2 aromatic rings. The molecule has 0 fully saturated rings. The summed E-state index contributed by atoms with van der Waals surface area (Å²) < 4.78 is 1.75. The Morgan fingerprint density at radius 2 is 1.85 bits per heavy atom. The van der Waals surface area contributed by atoms with E-state index in [0.29, 0.717) is 11.3 Å². The number of terminal acetylenes is 1. The van der Waals surface area contributed by atoms with Crippen LogP contribution in [0.15, 0.2) is 42.6 Å². The summed E-state index contributed by atoms with van der Waals surface area (Å²) in [5.41, 5.74) is 4.71. The highest BCUT2D eigenvalue weighted by atomic mass is 16.1. The summed E-state index contributed by atoms with van der Waals surface area (Å²) in [6.45, 7) is 0. The van der Waals surface area contributed by atoms with Gasteiger partial charge in [-0.25, -0.2) is 4.98 Å². The molecule has 0 aromatic carbocycles. The van der Waals surface area contributed by atoms with E-state index in [0.717, 1.165) is 17.3 Å². The Kier molecular flexibility index (Phi) is 2.85. The van der Waals surface area contributed by atoms with Gasteiger partial charge >= 0.3 is 0 Å². The first kappa shape index (κ1) is 12.2. The maximum atomic E-state index is 10.9. The fraction of sp³-hybridized carbons (Fsp3) is 0.0588. The van der Waals surface area contributed by atoms with Crippen molar-refractivity contribution in [2.24, 2.45) is 7.05 Å². The number of fused-ring (bicyclic) bond motifs is 2. The molecule has 0 radical (unpaired) electrons. The molecule has 0 bridgehead atoms. The molecule has 2 aromatic heterocycles. The van der Waals surface area contributed by atoms with Gasteiger partial charge in [0.15, 0.2) is 6.29 Å². The topological polar surface area (TPSA) is 34.9 Å². The van der Waals surface area contributed by atoms with Crippen LogP contribution in [0, 0.1) is 12.3 Å². The van der Waals surface area contributed by atoms with Gasteiger partial charge in [-0.05, 0) is 23.3 Å². The Morgan fingerprint density at radius 1 is 1.20 bits per heavy atom. The molecule has 0 unspecified atom stereocenters. The van der Waals surface area contributed by atoms with Crippen LogP contribution in [0.3, 0.4) is 0 Å². The van der Waals surface area contributed by atoms with Crippen LogP contribution in [0.5, 0.6) is 0 Å². The van der Waals surface area contributed by atoms with Gasteiger partial charge in [0.1, 0.15) is 11.3 Å². The molecule has 3 heteroatoms. The normalized spacial score (nSPS) is 10.4. The lowest BCUT2D eigenvalue weighted by Gasteiger charge is -2.10. The van der Waals surface area contributed by atoms with Gasteiger partial charge in [0, 0.05) is 18.6 Å². The summed E-state index contributed by atoms with van der Waals surface area (Å²) in [6.07, 6.45) is 7.79. The zero-order valence-electron chi connectivity index (χ0n) is 11.0. The average Bonchev–Trinajstić information content (AvgIpc) is 2.75. The third kappa shape index (κ3) is 1.70. The summed E-state index contributed by atoms with van der Waals surface area (Å²) in [5.74, 6) is 2.50. The molecule has 2 aliphatic rings. The van der Waals surface area contributed by atoms with E-state index in [1.807, 2.05) is 6.07 Å². The maximum Gasteiger partial charge on any atom is 0.153 e. The van der Waals surface area contributed by atoms with E-state index >= 15 is 0 Å². The van der Waals surface area contributed by atoms with Gasteiger partial charge in [-0.15, -0.1) is 6.42 Å². The zero-order valence-corrected chi connectivity index (χ0v) is 11.0. The first-order chi connectivity index (χ1) is 9.76. The van der Waals surface area contributed by atoms with E-state index in [2.05, 4.69) is 35.2 Å². The van der Waals surface area contributed by atoms with E-state index in [1.165, 1.54) is 11.1 Å². The zero-order chi connectivity index (χ0) is 14.1. The summed E-state index contributed by atoms with van der Waals surface area (Å²) in [6, 6.07) is 12.1. The Morgan fingerprint density at radius 3 is 2.30 bits per heavy atom. The molecule has 0 spiro atoms. The van der Waals surface area contributed by atoms with Crippen LogP contribution in [0.4, 0.5) is 0 Å². The van der Waals surface area contributed by atoms with Gasteiger partial charge < -0.3 is 4.57 Å². The largest absolute Gasteiger partial charge is 0.321 e. The Bertz CT molecular complexity index is 815. The number of aromatic nitrogens is 2. The van der Waals surface area contributed by atoms with Crippen LogP contribution >= 0.6 is 0 Å². The molecule has 2 heterocycles. The molecule has 0 aliphatic heterocycles. The lowest BCUT2D eigenvalue weighted by atomic mass is 9.95. The molecule has 0 saturated carbocycles. The predicted octanol–water partition coefficient (Wildman–Crippen LogP) is 3.03. The molecule has 0 amide bonds. The van der Waals surface area contributed by atoms with E-state index in [1.54, 1.807) is 23.9 Å². The Balaban J connectivity index is 0.000000165. The van der Waals surface area contributed by atoms with Gasteiger partial charge in [-0.1, -0.05) is 30.2 Å². The Hall–Kier alpha value is -2.86. The van der Waals surface area contributed by atoms with Crippen molar-refractivity contribution < 1.29 is 4.79 Å². The monoisotopic (exact) mass is 260 g/mol. The van der Waals surface area contributed by atoms with Gasteiger partial charge in [0.05, 0.1) is 5.56 Å². The van der Waals surface area contributed by atoms with Crippen molar-refractivity contribution in [2.75, 3.05) is 0 Å². The van der Waals surface area contributed by atoms with Crippen LogP contribution in [0.2, 0.25) is 0 Å². The highest BCUT2D eigenvalue weighted by Crippen LogP contribution is 2.29. The van der Waals surface area contributed by atoms with Gasteiger partial charge in [-0.2, -0.15) is 0 Å². The number of aryl methyl sites for hydroxylation is 1. The highest BCUT2D eigenvalue weighted by Gasteiger charge is 2.12. The van der Waals surface area contributed by atoms with E-state index in [4.69, 9.17) is 6.42 Å². The molecule has 96 valence electrons. The third-order valence-corrected chi connectivity index (χ3v) is 3.46. The third-order valence-electron chi connectivity index (χ3n) is 3.46. The lowest BCUT2D eigenvalue weighted by Crippen LogP contribution is -1.93. The minimum Gasteiger partial charge on any atom is -0.321 e. The van der Waals surface area contributed by atoms with Crippen molar-refractivity contribution in [2.45, 2.75) is 0 Å². The summed E-state index contributed by atoms with van der Waals surface area (Å²) in [5, 5.41) is 0.804. The maximum absolute atomic E-state index is 10.9. The van der Waals surface area contributed by atoms with Crippen LogP contribution in [-0.4, -0.2) is 15.8 Å². The van der Waals surface area contributed by atoms with Crippen LogP contribution < -0.4 is 0 Å². The summed E-state index contributed by atoms with van der Waals surface area (Å²) in [4.78, 5) is 15.0. The minimum absolute atomic E-state index is 0.540. The molecule has 0 saturated heterocycles. The molecule has 20 heavy (non-hydrogen) atoms. The van der Waals surface area contributed by atoms with Gasteiger partial charge in [-0.3, -0.25) is 4.79 Å². The second-order valence-corrected chi connectivity index (χ2v) is 4.54. The summed E-state index contributed by atoms with van der Waals surface area (Å²) in [7, 11) is 1.80. The number of carbonyl (C=O) groups excluding carboxylic acids is 1. The van der Waals surface area contributed by atoms with Crippen LogP contribution in [-0.2, 0) is 7.05 Å². The molecule has 2 aliphatic carbocycles. The quantitative estimate of drug-likeness (QED) is 0.389. The first-order valence-corrected chi connectivity index (χ1v) is 6.22. The first-order valence-electron chi connectivity index (χ1n) is 6.22. The number of pyridine rings is 1.